The van der Waals surface area contributed by atoms with Crippen LogP contribution in [0.1, 0.15) is 34.9 Å². The number of carbonyl (C=O) groups excluding carboxylic acids is 1. The maximum absolute atomic E-state index is 12.9. The minimum atomic E-state index is -0.188. The molecule has 8 heteroatoms. The van der Waals surface area contributed by atoms with Crippen molar-refractivity contribution < 1.29 is 4.79 Å². The van der Waals surface area contributed by atoms with Gasteiger partial charge in [0.1, 0.15) is 11.6 Å². The number of aromatic nitrogens is 4. The second-order valence-electron chi connectivity index (χ2n) is 7.00. The summed E-state index contributed by atoms with van der Waals surface area (Å²) in [6.45, 7) is 1.18. The number of pyridine rings is 1. The molecule has 1 aromatic carbocycles. The van der Waals surface area contributed by atoms with E-state index in [1.54, 1.807) is 28.6 Å². The summed E-state index contributed by atoms with van der Waals surface area (Å²) in [7, 11) is 1.65. The lowest BCUT2D eigenvalue weighted by atomic mass is 9.96. The first-order chi connectivity index (χ1) is 13.5. The van der Waals surface area contributed by atoms with Crippen molar-refractivity contribution in [2.75, 3.05) is 18.8 Å². The zero-order valence-corrected chi connectivity index (χ0v) is 15.7. The predicted molar refractivity (Wildman–Crippen MR) is 105 cm³/mol. The average molecular weight is 378 g/mol. The molecule has 1 fully saturated rings. The molecule has 0 unspecified atom stereocenters. The molecule has 0 radical (unpaired) electrons. The molecule has 0 aliphatic carbocycles. The third kappa shape index (κ3) is 3.28. The van der Waals surface area contributed by atoms with E-state index >= 15 is 0 Å². The summed E-state index contributed by atoms with van der Waals surface area (Å²) in [5, 5.41) is 4.49. The van der Waals surface area contributed by atoms with E-state index in [4.69, 9.17) is 5.73 Å². The Kier molecular flexibility index (Phi) is 4.68. The number of nitrogen functional groups attached to an aromatic ring is 1. The monoisotopic (exact) mass is 378 g/mol. The molecule has 0 saturated carbocycles. The van der Waals surface area contributed by atoms with Gasteiger partial charge in [0, 0.05) is 32.3 Å². The smallest absolute Gasteiger partial charge is 0.350 e. The van der Waals surface area contributed by atoms with E-state index in [1.807, 2.05) is 30.3 Å². The van der Waals surface area contributed by atoms with E-state index in [9.17, 15) is 9.59 Å². The molecule has 144 valence electrons. The Bertz CT molecular complexity index is 1040. The van der Waals surface area contributed by atoms with Gasteiger partial charge in [0.15, 0.2) is 0 Å². The molecule has 3 heterocycles. The molecule has 0 spiro atoms. The normalized spacial score (nSPS) is 16.9. The standard InChI is InChI=1S/C20H22N6O2/c1-24-20(28)26(16-7-3-2-4-8-16)18(23-24)15-6-5-11-25(13-15)19(27)14-9-10-17(21)22-12-14/h2-4,7-10,12,15H,5-6,11,13H2,1H3,(H2,21,22)/t15-/m1/s1. The van der Waals surface area contributed by atoms with Crippen molar-refractivity contribution in [1.29, 1.82) is 0 Å². The Morgan fingerprint density at radius 2 is 1.96 bits per heavy atom. The Labute approximate surface area is 162 Å². The van der Waals surface area contributed by atoms with Crippen molar-refractivity contribution >= 4 is 11.7 Å². The number of benzene rings is 1. The number of hydrogen-bond acceptors (Lipinski definition) is 5. The van der Waals surface area contributed by atoms with Gasteiger partial charge in [-0.3, -0.25) is 4.79 Å². The number of amides is 1. The Morgan fingerprint density at radius 1 is 1.18 bits per heavy atom. The van der Waals surface area contributed by atoms with E-state index in [0.717, 1.165) is 18.5 Å². The van der Waals surface area contributed by atoms with E-state index in [2.05, 4.69) is 10.1 Å². The van der Waals surface area contributed by atoms with E-state index in [0.29, 0.717) is 30.3 Å². The number of anilines is 1. The van der Waals surface area contributed by atoms with Gasteiger partial charge in [-0.25, -0.2) is 19.0 Å². The van der Waals surface area contributed by atoms with Crippen molar-refractivity contribution in [3.05, 3.63) is 70.5 Å². The number of piperidine rings is 1. The lowest BCUT2D eigenvalue weighted by Gasteiger charge is -2.32. The van der Waals surface area contributed by atoms with Crippen LogP contribution >= 0.6 is 0 Å². The fourth-order valence-corrected chi connectivity index (χ4v) is 3.65. The Balaban J connectivity index is 1.64. The van der Waals surface area contributed by atoms with E-state index in [-0.39, 0.29) is 17.5 Å². The third-order valence-electron chi connectivity index (χ3n) is 5.07. The molecular formula is C20H22N6O2. The van der Waals surface area contributed by atoms with Crippen LogP contribution in [-0.2, 0) is 7.05 Å². The molecule has 0 bridgehead atoms. The van der Waals surface area contributed by atoms with Crippen LogP contribution in [0.15, 0.2) is 53.5 Å². The molecule has 28 heavy (non-hydrogen) atoms. The highest BCUT2D eigenvalue weighted by atomic mass is 16.2. The van der Waals surface area contributed by atoms with Crippen LogP contribution in [0.4, 0.5) is 5.82 Å². The van der Waals surface area contributed by atoms with Gasteiger partial charge in [-0.2, -0.15) is 5.10 Å². The van der Waals surface area contributed by atoms with Crippen molar-refractivity contribution in [2.24, 2.45) is 7.05 Å². The zero-order valence-electron chi connectivity index (χ0n) is 15.7. The number of likely N-dealkylation sites (tertiary alicyclic amines) is 1. The SMILES string of the molecule is Cn1nc([C@@H]2CCCN(C(=O)c3ccc(N)nc3)C2)n(-c2ccccc2)c1=O. The van der Waals surface area contributed by atoms with E-state index in [1.165, 1.54) is 10.9 Å². The third-order valence-corrected chi connectivity index (χ3v) is 5.07. The molecule has 1 saturated heterocycles. The molecule has 1 aliphatic heterocycles. The number of carbonyl (C=O) groups is 1. The predicted octanol–water partition coefficient (Wildman–Crippen LogP) is 1.57. The molecule has 1 atom stereocenters. The van der Waals surface area contributed by atoms with Gasteiger partial charge in [-0.15, -0.1) is 0 Å². The van der Waals surface area contributed by atoms with Crippen molar-refractivity contribution in [3.8, 4) is 5.69 Å². The molecule has 2 N–H and O–H groups in total. The molecule has 1 amide bonds. The molecule has 3 aromatic rings. The average Bonchev–Trinajstić information content (AvgIpc) is 3.03. The minimum absolute atomic E-state index is 0.0199. The fourth-order valence-electron chi connectivity index (χ4n) is 3.65. The van der Waals surface area contributed by atoms with Crippen LogP contribution in [0.25, 0.3) is 5.69 Å². The number of para-hydroxylation sites is 1. The first kappa shape index (κ1) is 18.0. The lowest BCUT2D eigenvalue weighted by molar-refractivity contribution is 0.0703. The minimum Gasteiger partial charge on any atom is -0.384 e. The van der Waals surface area contributed by atoms with Crippen molar-refractivity contribution in [2.45, 2.75) is 18.8 Å². The first-order valence-corrected chi connectivity index (χ1v) is 9.27. The summed E-state index contributed by atoms with van der Waals surface area (Å²) in [5.74, 6) is 0.968. The van der Waals surface area contributed by atoms with Gasteiger partial charge in [0.25, 0.3) is 5.91 Å². The second-order valence-corrected chi connectivity index (χ2v) is 7.00. The van der Waals surface area contributed by atoms with Gasteiger partial charge < -0.3 is 10.6 Å². The number of nitrogens with zero attached hydrogens (tertiary/aromatic N) is 5. The summed E-state index contributed by atoms with van der Waals surface area (Å²) in [5.41, 5.74) is 6.72. The number of hydrogen-bond donors (Lipinski definition) is 1. The second kappa shape index (κ2) is 7.30. The molecule has 2 aromatic heterocycles. The maximum Gasteiger partial charge on any atom is 0.350 e. The van der Waals surface area contributed by atoms with Crippen LogP contribution < -0.4 is 11.4 Å². The van der Waals surface area contributed by atoms with Crippen LogP contribution in [0.5, 0.6) is 0 Å². The summed E-state index contributed by atoms with van der Waals surface area (Å²) in [6.07, 6.45) is 3.22. The Morgan fingerprint density at radius 3 is 2.68 bits per heavy atom. The Hall–Kier alpha value is -3.42. The lowest BCUT2D eigenvalue weighted by Crippen LogP contribution is -2.40. The number of aryl methyl sites for hydroxylation is 1. The number of rotatable bonds is 3. The molecule has 4 rings (SSSR count). The largest absolute Gasteiger partial charge is 0.384 e. The summed E-state index contributed by atoms with van der Waals surface area (Å²) in [4.78, 5) is 31.3. The first-order valence-electron chi connectivity index (χ1n) is 9.27. The summed E-state index contributed by atoms with van der Waals surface area (Å²) < 4.78 is 3.00. The quantitative estimate of drug-likeness (QED) is 0.746. The fraction of sp³-hybridized carbons (Fsp3) is 0.300. The van der Waals surface area contributed by atoms with Crippen LogP contribution in [-0.4, -0.2) is 43.2 Å². The molecule has 8 nitrogen and oxygen atoms in total. The summed E-state index contributed by atoms with van der Waals surface area (Å²) in [6, 6.07) is 12.8. The highest BCUT2D eigenvalue weighted by Crippen LogP contribution is 2.27. The van der Waals surface area contributed by atoms with E-state index < -0.39 is 0 Å². The summed E-state index contributed by atoms with van der Waals surface area (Å²) >= 11 is 0. The van der Waals surface area contributed by atoms with Crippen molar-refractivity contribution in [3.63, 3.8) is 0 Å². The zero-order chi connectivity index (χ0) is 19.7. The van der Waals surface area contributed by atoms with Gasteiger partial charge in [-0.05, 0) is 37.1 Å². The molecular weight excluding hydrogens is 356 g/mol. The van der Waals surface area contributed by atoms with Crippen LogP contribution in [0.3, 0.4) is 0 Å². The number of nitrogens with two attached hydrogens (primary N) is 1. The topological polar surface area (TPSA) is 99.0 Å². The van der Waals surface area contributed by atoms with Crippen LogP contribution in [0, 0.1) is 0 Å². The van der Waals surface area contributed by atoms with Gasteiger partial charge in [0.2, 0.25) is 0 Å². The van der Waals surface area contributed by atoms with Gasteiger partial charge >= 0.3 is 5.69 Å². The van der Waals surface area contributed by atoms with Crippen LogP contribution in [0.2, 0.25) is 0 Å². The maximum atomic E-state index is 12.9. The van der Waals surface area contributed by atoms with Crippen molar-refractivity contribution in [1.82, 2.24) is 24.2 Å². The van der Waals surface area contributed by atoms with Gasteiger partial charge in [0.05, 0.1) is 11.3 Å². The highest BCUT2D eigenvalue weighted by molar-refractivity contribution is 5.94. The highest BCUT2D eigenvalue weighted by Gasteiger charge is 2.30. The van der Waals surface area contributed by atoms with Gasteiger partial charge in [-0.1, -0.05) is 18.2 Å². The molecule has 1 aliphatic rings.